The standard InChI is InChI=1S/C22H23N5O3S2/c1-4-27-20-19(14(2)25-27)24-22(26(21(20)29)12-17-9-6-10-31-17)32-13-18(28)23-15-7-5-8-16(11-15)30-3/h5-11H,4,12-13H2,1-3H3,(H,23,28). The molecule has 0 saturated carbocycles. The average molecular weight is 470 g/mol. The van der Waals surface area contributed by atoms with Crippen molar-refractivity contribution in [1.29, 1.82) is 0 Å². The van der Waals surface area contributed by atoms with Crippen molar-refractivity contribution in [2.24, 2.45) is 0 Å². The molecular formula is C22H23N5O3S2. The fourth-order valence-electron chi connectivity index (χ4n) is 3.35. The molecule has 0 radical (unpaired) electrons. The number of thiophene rings is 1. The van der Waals surface area contributed by atoms with Crippen molar-refractivity contribution in [2.75, 3.05) is 18.2 Å². The van der Waals surface area contributed by atoms with Gasteiger partial charge < -0.3 is 10.1 Å². The predicted octanol–water partition coefficient (Wildman–Crippen LogP) is 3.77. The van der Waals surface area contributed by atoms with Crippen molar-refractivity contribution in [3.8, 4) is 5.75 Å². The van der Waals surface area contributed by atoms with E-state index in [-0.39, 0.29) is 17.2 Å². The lowest BCUT2D eigenvalue weighted by Gasteiger charge is -2.12. The van der Waals surface area contributed by atoms with Gasteiger partial charge in [0.2, 0.25) is 5.91 Å². The molecule has 0 unspecified atom stereocenters. The summed E-state index contributed by atoms with van der Waals surface area (Å²) in [6, 6.07) is 11.1. The van der Waals surface area contributed by atoms with E-state index in [1.807, 2.05) is 43.5 Å². The third-order valence-corrected chi connectivity index (χ3v) is 6.70. The molecule has 1 aromatic carbocycles. The first kappa shape index (κ1) is 22.1. The van der Waals surface area contributed by atoms with Crippen molar-refractivity contribution in [3.63, 3.8) is 0 Å². The topological polar surface area (TPSA) is 91.0 Å². The summed E-state index contributed by atoms with van der Waals surface area (Å²) < 4.78 is 8.52. The summed E-state index contributed by atoms with van der Waals surface area (Å²) in [6.45, 7) is 4.76. The molecule has 4 rings (SSSR count). The van der Waals surface area contributed by atoms with E-state index in [0.29, 0.717) is 46.4 Å². The quantitative estimate of drug-likeness (QED) is 0.312. The highest BCUT2D eigenvalue weighted by Gasteiger charge is 2.19. The van der Waals surface area contributed by atoms with Crippen LogP contribution in [0.3, 0.4) is 0 Å². The van der Waals surface area contributed by atoms with Gasteiger partial charge in [-0.15, -0.1) is 11.3 Å². The Bertz CT molecular complexity index is 1310. The summed E-state index contributed by atoms with van der Waals surface area (Å²) >= 11 is 2.81. The molecule has 0 saturated heterocycles. The van der Waals surface area contributed by atoms with E-state index in [1.165, 1.54) is 11.8 Å². The van der Waals surface area contributed by atoms with E-state index < -0.39 is 0 Å². The second-order valence-electron chi connectivity index (χ2n) is 7.03. The lowest BCUT2D eigenvalue weighted by Crippen LogP contribution is -2.26. The van der Waals surface area contributed by atoms with E-state index in [1.54, 1.807) is 39.8 Å². The Morgan fingerprint density at radius 3 is 2.84 bits per heavy atom. The SMILES string of the molecule is CCn1nc(C)c2nc(SCC(=O)Nc3cccc(OC)c3)n(Cc3cccs3)c(=O)c21. The van der Waals surface area contributed by atoms with Gasteiger partial charge in [0, 0.05) is 23.2 Å². The number of hydrogen-bond acceptors (Lipinski definition) is 7. The van der Waals surface area contributed by atoms with Crippen molar-refractivity contribution < 1.29 is 9.53 Å². The number of benzene rings is 1. The summed E-state index contributed by atoms with van der Waals surface area (Å²) in [6.07, 6.45) is 0. The monoisotopic (exact) mass is 469 g/mol. The number of carbonyl (C=O) groups excluding carboxylic acids is 1. The van der Waals surface area contributed by atoms with E-state index >= 15 is 0 Å². The van der Waals surface area contributed by atoms with Crippen LogP contribution in [0.2, 0.25) is 0 Å². The van der Waals surface area contributed by atoms with Crippen LogP contribution in [0.25, 0.3) is 11.0 Å². The third kappa shape index (κ3) is 4.56. The minimum Gasteiger partial charge on any atom is -0.497 e. The molecule has 1 amide bonds. The van der Waals surface area contributed by atoms with Gasteiger partial charge in [-0.2, -0.15) is 5.10 Å². The van der Waals surface area contributed by atoms with Crippen molar-refractivity contribution in [2.45, 2.75) is 32.1 Å². The third-order valence-electron chi connectivity index (χ3n) is 4.86. The number of methoxy groups -OCH3 is 1. The molecule has 3 heterocycles. The molecule has 0 aliphatic heterocycles. The van der Waals surface area contributed by atoms with Crippen molar-refractivity contribution in [3.05, 3.63) is 62.7 Å². The van der Waals surface area contributed by atoms with Crippen molar-refractivity contribution >= 4 is 45.7 Å². The van der Waals surface area contributed by atoms with Gasteiger partial charge in [0.1, 0.15) is 11.3 Å². The van der Waals surface area contributed by atoms with Gasteiger partial charge in [-0.1, -0.05) is 23.9 Å². The zero-order chi connectivity index (χ0) is 22.7. The number of anilines is 1. The van der Waals surface area contributed by atoms with Gasteiger partial charge in [0.15, 0.2) is 10.7 Å². The first-order chi connectivity index (χ1) is 15.5. The summed E-state index contributed by atoms with van der Waals surface area (Å²) in [4.78, 5) is 31.8. The molecule has 4 aromatic rings. The normalized spacial score (nSPS) is 11.1. The highest BCUT2D eigenvalue weighted by Crippen LogP contribution is 2.23. The number of fused-ring (bicyclic) bond motifs is 1. The van der Waals surface area contributed by atoms with E-state index in [9.17, 15) is 9.59 Å². The number of thioether (sulfide) groups is 1. The number of nitrogens with one attached hydrogen (secondary N) is 1. The lowest BCUT2D eigenvalue weighted by molar-refractivity contribution is -0.113. The lowest BCUT2D eigenvalue weighted by atomic mass is 10.3. The van der Waals surface area contributed by atoms with Crippen LogP contribution in [0.1, 0.15) is 17.5 Å². The maximum atomic E-state index is 13.4. The average Bonchev–Trinajstić information content (AvgIpc) is 3.42. The molecular weight excluding hydrogens is 446 g/mol. The number of nitrogens with zero attached hydrogens (tertiary/aromatic N) is 4. The smallest absolute Gasteiger partial charge is 0.280 e. The van der Waals surface area contributed by atoms with Crippen LogP contribution in [0.5, 0.6) is 5.75 Å². The Morgan fingerprint density at radius 2 is 2.12 bits per heavy atom. The van der Waals surface area contributed by atoms with E-state index in [0.717, 1.165) is 4.88 Å². The van der Waals surface area contributed by atoms with Crippen LogP contribution in [0, 0.1) is 6.92 Å². The van der Waals surface area contributed by atoms with Crippen LogP contribution in [0.15, 0.2) is 51.7 Å². The van der Waals surface area contributed by atoms with Crippen LogP contribution < -0.4 is 15.6 Å². The van der Waals surface area contributed by atoms with Gasteiger partial charge >= 0.3 is 0 Å². The highest BCUT2D eigenvalue weighted by atomic mass is 32.2. The molecule has 8 nitrogen and oxygen atoms in total. The Morgan fingerprint density at radius 1 is 1.28 bits per heavy atom. The second-order valence-corrected chi connectivity index (χ2v) is 9.01. The molecule has 0 atom stereocenters. The predicted molar refractivity (Wildman–Crippen MR) is 128 cm³/mol. The van der Waals surface area contributed by atoms with Crippen LogP contribution in [-0.4, -0.2) is 38.1 Å². The summed E-state index contributed by atoms with van der Waals surface area (Å²) in [5, 5.41) is 9.79. The number of carbonyl (C=O) groups is 1. The van der Waals surface area contributed by atoms with E-state index in [4.69, 9.17) is 9.72 Å². The number of ether oxygens (including phenoxy) is 1. The summed E-state index contributed by atoms with van der Waals surface area (Å²) in [5.41, 5.74) is 2.27. The molecule has 10 heteroatoms. The fourth-order valence-corrected chi connectivity index (χ4v) is 4.84. The minimum atomic E-state index is -0.193. The van der Waals surface area contributed by atoms with Gasteiger partial charge in [0.25, 0.3) is 5.56 Å². The molecule has 3 aromatic heterocycles. The molecule has 0 spiro atoms. The van der Waals surface area contributed by atoms with E-state index in [2.05, 4.69) is 10.4 Å². The molecule has 0 bridgehead atoms. The Kier molecular flexibility index (Phi) is 6.61. The number of hydrogen-bond donors (Lipinski definition) is 1. The first-order valence-corrected chi connectivity index (χ1v) is 11.9. The number of aryl methyl sites for hydroxylation is 2. The Balaban J connectivity index is 1.63. The molecule has 0 aliphatic carbocycles. The largest absolute Gasteiger partial charge is 0.497 e. The number of rotatable bonds is 8. The first-order valence-electron chi connectivity index (χ1n) is 10.1. The maximum absolute atomic E-state index is 13.4. The molecule has 32 heavy (non-hydrogen) atoms. The summed E-state index contributed by atoms with van der Waals surface area (Å²) in [5.74, 6) is 0.581. The van der Waals surface area contributed by atoms with Crippen LogP contribution in [-0.2, 0) is 17.9 Å². The second kappa shape index (κ2) is 9.58. The van der Waals surface area contributed by atoms with Crippen LogP contribution in [0.4, 0.5) is 5.69 Å². The molecule has 0 aliphatic rings. The highest BCUT2D eigenvalue weighted by molar-refractivity contribution is 7.99. The Labute approximate surface area is 193 Å². The van der Waals surface area contributed by atoms with Crippen LogP contribution >= 0.6 is 23.1 Å². The summed E-state index contributed by atoms with van der Waals surface area (Å²) in [7, 11) is 1.58. The Hall–Kier alpha value is -3.11. The maximum Gasteiger partial charge on any atom is 0.280 e. The van der Waals surface area contributed by atoms with Gasteiger partial charge in [0.05, 0.1) is 25.1 Å². The fraction of sp³-hybridized carbons (Fsp3) is 0.273. The zero-order valence-electron chi connectivity index (χ0n) is 18.0. The van der Waals surface area contributed by atoms with Gasteiger partial charge in [-0.3, -0.25) is 18.8 Å². The number of amides is 1. The van der Waals surface area contributed by atoms with Crippen molar-refractivity contribution in [1.82, 2.24) is 19.3 Å². The van der Waals surface area contributed by atoms with Gasteiger partial charge in [-0.05, 0) is 37.4 Å². The van der Waals surface area contributed by atoms with Gasteiger partial charge in [-0.25, -0.2) is 4.98 Å². The number of aromatic nitrogens is 4. The minimum absolute atomic E-state index is 0.112. The molecule has 166 valence electrons. The molecule has 0 fully saturated rings. The zero-order valence-corrected chi connectivity index (χ0v) is 19.6. The molecule has 1 N–H and O–H groups in total.